The molecule has 0 bridgehead atoms. The quantitative estimate of drug-likeness (QED) is 0.469. The minimum absolute atomic E-state index is 0.0185. The van der Waals surface area contributed by atoms with E-state index < -0.39 is 5.82 Å². The van der Waals surface area contributed by atoms with Crippen molar-refractivity contribution in [2.75, 3.05) is 0 Å². The van der Waals surface area contributed by atoms with Crippen molar-refractivity contribution in [3.05, 3.63) is 21.9 Å². The van der Waals surface area contributed by atoms with Gasteiger partial charge in [0.15, 0.2) is 5.82 Å². The highest BCUT2D eigenvalue weighted by molar-refractivity contribution is 7.71. The molecule has 0 saturated heterocycles. The first-order valence-corrected chi connectivity index (χ1v) is 2.89. The van der Waals surface area contributed by atoms with Crippen molar-refractivity contribution in [3.8, 4) is 0 Å². The van der Waals surface area contributed by atoms with Crippen molar-refractivity contribution in [3.63, 3.8) is 0 Å². The number of hydrogen-bond acceptors (Lipinski definition) is 2. The van der Waals surface area contributed by atoms with Crippen LogP contribution in [0.15, 0.2) is 6.20 Å². The molecule has 48 valence electrons. The molecule has 0 aliphatic heterocycles. The largest absolute Gasteiger partial charge is 0.319 e. The van der Waals surface area contributed by atoms with Crippen LogP contribution in [-0.4, -0.2) is 9.97 Å². The number of H-pyrrole nitrogens is 1. The first-order valence-electron chi connectivity index (χ1n) is 2.10. The third kappa shape index (κ3) is 1.46. The summed E-state index contributed by atoms with van der Waals surface area (Å²) in [5.74, 6) is -0.561. The van der Waals surface area contributed by atoms with Gasteiger partial charge in [-0.1, -0.05) is 12.2 Å². The average molecular weight is 165 g/mol. The smallest absolute Gasteiger partial charge is 0.201 e. The van der Waals surface area contributed by atoms with E-state index in [2.05, 4.69) is 22.2 Å². The number of aromatic nitrogens is 2. The van der Waals surface area contributed by atoms with Crippen LogP contribution in [0.5, 0.6) is 0 Å². The Bertz CT molecular complexity index is 272. The summed E-state index contributed by atoms with van der Waals surface area (Å²) < 4.78 is 12.2. The molecule has 1 aromatic heterocycles. The minimum Gasteiger partial charge on any atom is -0.319 e. The highest BCUT2D eigenvalue weighted by Gasteiger charge is 1.92. The lowest BCUT2D eigenvalue weighted by molar-refractivity contribution is 0.608. The van der Waals surface area contributed by atoms with Gasteiger partial charge in [0.1, 0.15) is 4.64 Å². The first-order chi connectivity index (χ1) is 4.20. The maximum absolute atomic E-state index is 12.2. The van der Waals surface area contributed by atoms with Crippen LogP contribution in [0.3, 0.4) is 0 Å². The molecule has 0 aromatic carbocycles. The molecule has 1 N–H and O–H groups in total. The molecule has 1 rings (SSSR count). The lowest BCUT2D eigenvalue weighted by atomic mass is 10.6. The summed E-state index contributed by atoms with van der Waals surface area (Å²) in [6, 6.07) is 0. The lowest BCUT2D eigenvalue weighted by Crippen LogP contribution is -1.85. The van der Waals surface area contributed by atoms with E-state index in [-0.39, 0.29) is 9.92 Å². The van der Waals surface area contributed by atoms with Gasteiger partial charge >= 0.3 is 0 Å². The van der Waals surface area contributed by atoms with Crippen molar-refractivity contribution in [1.82, 2.24) is 9.97 Å². The van der Waals surface area contributed by atoms with Gasteiger partial charge in [-0.05, 0) is 11.6 Å². The van der Waals surface area contributed by atoms with Gasteiger partial charge in [0.25, 0.3) is 0 Å². The molecule has 9 heavy (non-hydrogen) atoms. The van der Waals surface area contributed by atoms with Crippen molar-refractivity contribution < 1.29 is 4.39 Å². The number of aromatic amines is 1. The Kier molecular flexibility index (Phi) is 1.78. The molecule has 0 fully saturated rings. The number of nitrogens with zero attached hydrogens (tertiary/aromatic N) is 1. The molecule has 0 radical (unpaired) electrons. The Morgan fingerprint density at radius 2 is 2.44 bits per heavy atom. The van der Waals surface area contributed by atoms with Crippen LogP contribution in [0.4, 0.5) is 4.39 Å². The van der Waals surface area contributed by atoms with E-state index in [9.17, 15) is 4.39 Å². The summed E-state index contributed by atoms with van der Waals surface area (Å²) in [6.45, 7) is 0. The maximum atomic E-state index is 12.2. The fourth-order valence-corrected chi connectivity index (χ4v) is 0.706. The van der Waals surface area contributed by atoms with Gasteiger partial charge in [0.2, 0.25) is 5.28 Å². The van der Waals surface area contributed by atoms with E-state index in [0.717, 1.165) is 6.20 Å². The van der Waals surface area contributed by atoms with Gasteiger partial charge in [-0.25, -0.2) is 9.37 Å². The van der Waals surface area contributed by atoms with E-state index in [4.69, 9.17) is 11.6 Å². The van der Waals surface area contributed by atoms with E-state index in [0.29, 0.717) is 0 Å². The van der Waals surface area contributed by atoms with Crippen LogP contribution in [0.25, 0.3) is 0 Å². The molecule has 1 heterocycles. The molecule has 0 aliphatic rings. The average Bonchev–Trinajstić information content (AvgIpc) is 1.80. The lowest BCUT2D eigenvalue weighted by Gasteiger charge is -1.87. The minimum atomic E-state index is -0.561. The van der Waals surface area contributed by atoms with Gasteiger partial charge < -0.3 is 4.98 Å². The number of nitrogens with one attached hydrogen (secondary N) is 1. The number of halogens is 2. The zero-order valence-electron chi connectivity index (χ0n) is 4.19. The zero-order valence-corrected chi connectivity index (χ0v) is 5.76. The Balaban J connectivity index is 3.34. The normalized spacial score (nSPS) is 9.56. The van der Waals surface area contributed by atoms with Gasteiger partial charge in [0, 0.05) is 0 Å². The van der Waals surface area contributed by atoms with Gasteiger partial charge in [-0.2, -0.15) is 0 Å². The fraction of sp³-hybridized carbons (Fsp3) is 0. The summed E-state index contributed by atoms with van der Waals surface area (Å²) in [7, 11) is 0. The van der Waals surface area contributed by atoms with Gasteiger partial charge in [-0.15, -0.1) is 0 Å². The highest BCUT2D eigenvalue weighted by atomic mass is 35.5. The molecule has 0 atom stereocenters. The Morgan fingerprint density at radius 1 is 1.78 bits per heavy atom. The second-order valence-corrected chi connectivity index (χ2v) is 2.12. The molecule has 1 aromatic rings. The highest BCUT2D eigenvalue weighted by Crippen LogP contribution is 2.00. The summed E-state index contributed by atoms with van der Waals surface area (Å²) in [6.07, 6.45) is 0.973. The zero-order chi connectivity index (χ0) is 6.85. The van der Waals surface area contributed by atoms with Crippen LogP contribution in [-0.2, 0) is 0 Å². The predicted octanol–water partition coefficient (Wildman–Crippen LogP) is 1.93. The van der Waals surface area contributed by atoms with E-state index in [1.54, 1.807) is 0 Å². The Labute approximate surface area is 60.7 Å². The van der Waals surface area contributed by atoms with Crippen LogP contribution in [0, 0.1) is 10.5 Å². The van der Waals surface area contributed by atoms with Crippen molar-refractivity contribution in [2.24, 2.45) is 0 Å². The number of rotatable bonds is 0. The third-order valence-corrected chi connectivity index (χ3v) is 1.21. The first kappa shape index (κ1) is 6.64. The maximum Gasteiger partial charge on any atom is 0.201 e. The van der Waals surface area contributed by atoms with E-state index in [1.807, 2.05) is 0 Å². The third-order valence-electron chi connectivity index (χ3n) is 0.725. The van der Waals surface area contributed by atoms with Crippen molar-refractivity contribution in [1.29, 1.82) is 0 Å². The monoisotopic (exact) mass is 164 g/mol. The molecule has 0 spiro atoms. The van der Waals surface area contributed by atoms with Gasteiger partial charge in [0.05, 0.1) is 6.20 Å². The van der Waals surface area contributed by atoms with Crippen LogP contribution in [0.2, 0.25) is 5.28 Å². The molecular formula is C4H2ClFN2S. The molecule has 0 aliphatic carbocycles. The van der Waals surface area contributed by atoms with Crippen LogP contribution in [0.1, 0.15) is 0 Å². The second kappa shape index (κ2) is 2.41. The second-order valence-electron chi connectivity index (χ2n) is 1.35. The summed E-state index contributed by atoms with van der Waals surface area (Å²) in [5.41, 5.74) is 0. The van der Waals surface area contributed by atoms with Crippen molar-refractivity contribution >= 4 is 23.8 Å². The van der Waals surface area contributed by atoms with Crippen LogP contribution < -0.4 is 0 Å². The van der Waals surface area contributed by atoms with Gasteiger partial charge in [-0.3, -0.25) is 0 Å². The predicted molar refractivity (Wildman–Crippen MR) is 34.4 cm³/mol. The topological polar surface area (TPSA) is 28.7 Å². The summed E-state index contributed by atoms with van der Waals surface area (Å²) in [5, 5.41) is 0.0985. The molecule has 0 amide bonds. The van der Waals surface area contributed by atoms with E-state index in [1.165, 1.54) is 0 Å². The standard InChI is InChI=1S/C4H2ClFN2S/c5-4-7-1-2(6)3(9)8-4/h1H,(H,7,8,9). The molecular weight excluding hydrogens is 163 g/mol. The fourth-order valence-electron chi connectivity index (χ4n) is 0.358. The molecule has 5 heteroatoms. The summed E-state index contributed by atoms with van der Waals surface area (Å²) >= 11 is 9.80. The Hall–Kier alpha value is -0.480. The Morgan fingerprint density at radius 3 is 2.89 bits per heavy atom. The van der Waals surface area contributed by atoms with Crippen LogP contribution >= 0.6 is 23.8 Å². The number of hydrogen-bond donors (Lipinski definition) is 1. The molecule has 2 nitrogen and oxygen atoms in total. The van der Waals surface area contributed by atoms with Crippen molar-refractivity contribution in [2.45, 2.75) is 0 Å². The molecule has 0 unspecified atom stereocenters. The molecule has 0 saturated carbocycles. The summed E-state index contributed by atoms with van der Waals surface area (Å²) in [4.78, 5) is 5.74. The SMILES string of the molecule is Fc1cnc(Cl)[nH]c1=S. The van der Waals surface area contributed by atoms with E-state index >= 15 is 0 Å².